The van der Waals surface area contributed by atoms with Gasteiger partial charge in [0.1, 0.15) is 5.76 Å². The number of furan rings is 1. The van der Waals surface area contributed by atoms with Crippen LogP contribution in [0.3, 0.4) is 0 Å². The minimum Gasteiger partial charge on any atom is -0.475 e. The maximum atomic E-state index is 11.5. The number of nitrogens with one attached hydrogen (secondary N) is 1. The predicted molar refractivity (Wildman–Crippen MR) is 69.7 cm³/mol. The average Bonchev–Trinajstić information content (AvgIpc) is 2.71. The minimum atomic E-state index is -1.11. The number of amides is 1. The molecule has 1 aromatic heterocycles. The minimum absolute atomic E-state index is 0.0402. The first-order valence-corrected chi connectivity index (χ1v) is 6.49. The second kappa shape index (κ2) is 5.95. The Morgan fingerprint density at radius 2 is 2.06 bits per heavy atom. The lowest BCUT2D eigenvalue weighted by Crippen LogP contribution is -2.26. The van der Waals surface area contributed by atoms with E-state index >= 15 is 0 Å². The summed E-state index contributed by atoms with van der Waals surface area (Å²) in [4.78, 5) is 22.1. The van der Waals surface area contributed by atoms with Crippen molar-refractivity contribution in [3.63, 3.8) is 0 Å². The van der Waals surface area contributed by atoms with Crippen LogP contribution < -0.4 is 5.32 Å². The van der Waals surface area contributed by atoms with Gasteiger partial charge >= 0.3 is 5.97 Å². The standard InChI is InChI=1S/C12H17NO4S/c1-12(2,3)18-7-10(14)13-6-8-4-5-9(17-8)11(15)16/h4-5H,6-7H2,1-3H3,(H,13,14)(H,15,16). The molecule has 5 nitrogen and oxygen atoms in total. The van der Waals surface area contributed by atoms with Gasteiger partial charge in [-0.25, -0.2) is 4.79 Å². The molecular weight excluding hydrogens is 254 g/mol. The van der Waals surface area contributed by atoms with E-state index in [-0.39, 0.29) is 23.0 Å². The number of aromatic carboxylic acids is 1. The molecular formula is C12H17NO4S. The highest BCUT2D eigenvalue weighted by atomic mass is 32.2. The molecule has 0 aliphatic heterocycles. The smallest absolute Gasteiger partial charge is 0.371 e. The van der Waals surface area contributed by atoms with Gasteiger partial charge in [-0.05, 0) is 12.1 Å². The quantitative estimate of drug-likeness (QED) is 0.857. The molecule has 1 aromatic rings. The average molecular weight is 271 g/mol. The molecule has 0 spiro atoms. The molecule has 1 rings (SSSR count). The van der Waals surface area contributed by atoms with E-state index in [9.17, 15) is 9.59 Å². The third-order valence-corrected chi connectivity index (χ3v) is 3.24. The summed E-state index contributed by atoms with van der Waals surface area (Å²) in [6, 6.07) is 2.91. The fourth-order valence-electron chi connectivity index (χ4n) is 1.11. The number of carboxylic acid groups (broad SMARTS) is 1. The Morgan fingerprint density at radius 1 is 1.39 bits per heavy atom. The van der Waals surface area contributed by atoms with Gasteiger partial charge in [-0.15, -0.1) is 11.8 Å². The molecule has 1 amide bonds. The third-order valence-electron chi connectivity index (χ3n) is 1.97. The number of rotatable bonds is 5. The maximum absolute atomic E-state index is 11.5. The summed E-state index contributed by atoms with van der Waals surface area (Å²) in [6.07, 6.45) is 0. The molecule has 6 heteroatoms. The Morgan fingerprint density at radius 3 is 2.56 bits per heavy atom. The summed E-state index contributed by atoms with van der Waals surface area (Å²) < 4.78 is 5.06. The van der Waals surface area contributed by atoms with E-state index < -0.39 is 5.97 Å². The Hall–Kier alpha value is -1.43. The zero-order chi connectivity index (χ0) is 13.8. The normalized spacial score (nSPS) is 11.3. The first-order chi connectivity index (χ1) is 8.28. The predicted octanol–water partition coefficient (Wildman–Crippen LogP) is 2.13. The summed E-state index contributed by atoms with van der Waals surface area (Å²) in [5, 5.41) is 11.3. The molecule has 0 unspecified atom stereocenters. The van der Waals surface area contributed by atoms with Crippen molar-refractivity contribution < 1.29 is 19.1 Å². The van der Waals surface area contributed by atoms with Crippen molar-refractivity contribution in [1.82, 2.24) is 5.32 Å². The second-order valence-electron chi connectivity index (χ2n) is 4.75. The topological polar surface area (TPSA) is 79.5 Å². The Bertz CT molecular complexity index is 434. The number of carboxylic acids is 1. The molecule has 0 aliphatic rings. The van der Waals surface area contributed by atoms with E-state index in [1.165, 1.54) is 6.07 Å². The monoisotopic (exact) mass is 271 g/mol. The van der Waals surface area contributed by atoms with E-state index in [1.54, 1.807) is 17.8 Å². The van der Waals surface area contributed by atoms with Gasteiger partial charge in [-0.2, -0.15) is 0 Å². The molecule has 0 radical (unpaired) electrons. The van der Waals surface area contributed by atoms with Gasteiger partial charge < -0.3 is 14.8 Å². The Balaban J connectivity index is 2.36. The van der Waals surface area contributed by atoms with Gasteiger partial charge in [-0.3, -0.25) is 4.79 Å². The van der Waals surface area contributed by atoms with Crippen molar-refractivity contribution in [1.29, 1.82) is 0 Å². The van der Waals surface area contributed by atoms with Gasteiger partial charge in [0, 0.05) is 4.75 Å². The number of hydrogen-bond donors (Lipinski definition) is 2. The Labute approximate surface area is 110 Å². The summed E-state index contributed by atoms with van der Waals surface area (Å²) in [5.74, 6) is -0.528. The zero-order valence-electron chi connectivity index (χ0n) is 10.6. The molecule has 0 bridgehead atoms. The zero-order valence-corrected chi connectivity index (χ0v) is 11.5. The second-order valence-corrected chi connectivity index (χ2v) is 6.55. The van der Waals surface area contributed by atoms with Crippen molar-refractivity contribution in [2.45, 2.75) is 32.1 Å². The lowest BCUT2D eigenvalue weighted by atomic mass is 10.3. The van der Waals surface area contributed by atoms with Crippen LogP contribution in [0.5, 0.6) is 0 Å². The van der Waals surface area contributed by atoms with Crippen LogP contribution in [0.4, 0.5) is 0 Å². The van der Waals surface area contributed by atoms with Gasteiger partial charge in [0.15, 0.2) is 0 Å². The molecule has 0 aliphatic carbocycles. The van der Waals surface area contributed by atoms with Crippen LogP contribution in [0.25, 0.3) is 0 Å². The van der Waals surface area contributed by atoms with Gasteiger partial charge in [0.25, 0.3) is 0 Å². The Kier molecular flexibility index (Phi) is 4.84. The van der Waals surface area contributed by atoms with Crippen LogP contribution in [0.2, 0.25) is 0 Å². The maximum Gasteiger partial charge on any atom is 0.371 e. The molecule has 0 saturated carbocycles. The summed E-state index contributed by atoms with van der Waals surface area (Å²) in [5.41, 5.74) is 0. The molecule has 100 valence electrons. The number of carbonyl (C=O) groups excluding carboxylic acids is 1. The van der Waals surface area contributed by atoms with E-state index in [4.69, 9.17) is 9.52 Å². The largest absolute Gasteiger partial charge is 0.475 e. The van der Waals surface area contributed by atoms with Crippen molar-refractivity contribution in [3.05, 3.63) is 23.7 Å². The molecule has 0 saturated heterocycles. The van der Waals surface area contributed by atoms with Crippen LogP contribution in [0, 0.1) is 0 Å². The highest BCUT2D eigenvalue weighted by Gasteiger charge is 2.14. The molecule has 1 heterocycles. The lowest BCUT2D eigenvalue weighted by Gasteiger charge is -2.16. The highest BCUT2D eigenvalue weighted by molar-refractivity contribution is 8.01. The molecule has 0 fully saturated rings. The fraction of sp³-hybridized carbons (Fsp3) is 0.500. The van der Waals surface area contributed by atoms with Crippen LogP contribution in [0.15, 0.2) is 16.5 Å². The van der Waals surface area contributed by atoms with Crippen molar-refractivity contribution in [2.75, 3.05) is 5.75 Å². The van der Waals surface area contributed by atoms with Gasteiger partial charge in [0.2, 0.25) is 11.7 Å². The third kappa shape index (κ3) is 5.27. The SMILES string of the molecule is CC(C)(C)SCC(=O)NCc1ccc(C(=O)O)o1. The van der Waals surface area contributed by atoms with Crippen molar-refractivity contribution in [2.24, 2.45) is 0 Å². The summed E-state index contributed by atoms with van der Waals surface area (Å²) in [7, 11) is 0. The first-order valence-electron chi connectivity index (χ1n) is 5.50. The van der Waals surface area contributed by atoms with Gasteiger partial charge in [0.05, 0.1) is 12.3 Å². The summed E-state index contributed by atoms with van der Waals surface area (Å²) in [6.45, 7) is 6.32. The highest BCUT2D eigenvalue weighted by Crippen LogP contribution is 2.22. The lowest BCUT2D eigenvalue weighted by molar-refractivity contribution is -0.118. The van der Waals surface area contributed by atoms with E-state index in [0.717, 1.165) is 0 Å². The molecule has 0 atom stereocenters. The van der Waals surface area contributed by atoms with E-state index in [0.29, 0.717) is 11.5 Å². The van der Waals surface area contributed by atoms with E-state index in [1.807, 2.05) is 20.8 Å². The molecule has 18 heavy (non-hydrogen) atoms. The van der Waals surface area contributed by atoms with Crippen LogP contribution in [0.1, 0.15) is 37.1 Å². The summed E-state index contributed by atoms with van der Waals surface area (Å²) >= 11 is 1.55. The first kappa shape index (κ1) is 14.6. The van der Waals surface area contributed by atoms with Crippen LogP contribution in [-0.2, 0) is 11.3 Å². The van der Waals surface area contributed by atoms with Crippen LogP contribution in [-0.4, -0.2) is 27.5 Å². The fourth-order valence-corrected chi connectivity index (χ4v) is 1.77. The number of hydrogen-bond acceptors (Lipinski definition) is 4. The van der Waals surface area contributed by atoms with Gasteiger partial charge in [-0.1, -0.05) is 20.8 Å². The van der Waals surface area contributed by atoms with Crippen molar-refractivity contribution in [3.8, 4) is 0 Å². The number of carbonyl (C=O) groups is 2. The molecule has 2 N–H and O–H groups in total. The van der Waals surface area contributed by atoms with Crippen LogP contribution >= 0.6 is 11.8 Å². The number of thioether (sulfide) groups is 1. The van der Waals surface area contributed by atoms with Crippen molar-refractivity contribution >= 4 is 23.6 Å². The van der Waals surface area contributed by atoms with E-state index in [2.05, 4.69) is 5.32 Å². The molecule has 0 aromatic carbocycles.